The van der Waals surface area contributed by atoms with Crippen LogP contribution in [-0.4, -0.2) is 78.8 Å². The number of fused-ring (bicyclic) bond motifs is 1. The number of likely N-dealkylation sites (N-methyl/N-ethyl adjacent to an activating group) is 1. The lowest BCUT2D eigenvalue weighted by Crippen LogP contribution is -2.45. The van der Waals surface area contributed by atoms with Crippen molar-refractivity contribution in [3.63, 3.8) is 0 Å². The van der Waals surface area contributed by atoms with Gasteiger partial charge in [-0.3, -0.25) is 0 Å². The number of β-amino-alcohol motifs (C(OH)–C–C–N with tert-alkyl or cyclic N) is 1. The normalized spacial score (nSPS) is 30.0. The summed E-state index contributed by atoms with van der Waals surface area (Å²) >= 11 is 0. The van der Waals surface area contributed by atoms with Crippen LogP contribution < -0.4 is 9.47 Å². The fourth-order valence-corrected chi connectivity index (χ4v) is 6.18. The molecule has 2 N–H and O–H groups in total. The van der Waals surface area contributed by atoms with Crippen LogP contribution in [0.25, 0.3) is 0 Å². The summed E-state index contributed by atoms with van der Waals surface area (Å²) in [7, 11) is 2.13. The van der Waals surface area contributed by atoms with E-state index in [1.807, 2.05) is 6.07 Å². The Balaban J connectivity index is 1.35. The Hall–Kier alpha value is -1.34. The Kier molecular flexibility index (Phi) is 9.92. The Morgan fingerprint density at radius 2 is 1.62 bits per heavy atom. The highest BCUT2D eigenvalue weighted by Crippen LogP contribution is 2.34. The molecule has 1 aromatic rings. The van der Waals surface area contributed by atoms with Crippen molar-refractivity contribution in [2.24, 2.45) is 11.8 Å². The van der Waals surface area contributed by atoms with Crippen molar-refractivity contribution in [1.29, 1.82) is 0 Å². The fourth-order valence-electron chi connectivity index (χ4n) is 6.18. The Bertz CT molecular complexity index is 745. The van der Waals surface area contributed by atoms with Gasteiger partial charge in [0.1, 0.15) is 0 Å². The van der Waals surface area contributed by atoms with E-state index in [1.54, 1.807) is 0 Å². The van der Waals surface area contributed by atoms with E-state index < -0.39 is 0 Å². The molecule has 0 spiro atoms. The summed E-state index contributed by atoms with van der Waals surface area (Å²) in [6.45, 7) is 5.09. The van der Waals surface area contributed by atoms with Crippen LogP contribution in [0.1, 0.15) is 69.8 Å². The lowest BCUT2D eigenvalue weighted by atomic mass is 9.78. The van der Waals surface area contributed by atoms with Gasteiger partial charge < -0.3 is 29.5 Å². The minimum absolute atomic E-state index is 0.141. The lowest BCUT2D eigenvalue weighted by Gasteiger charge is -2.37. The van der Waals surface area contributed by atoms with Gasteiger partial charge in [-0.15, -0.1) is 0 Å². The van der Waals surface area contributed by atoms with Crippen molar-refractivity contribution in [3.8, 4) is 11.5 Å². The molecule has 3 aliphatic rings. The largest absolute Gasteiger partial charge is 0.454 e. The second-order valence-electron chi connectivity index (χ2n) is 10.9. The zero-order valence-electron chi connectivity index (χ0n) is 21.2. The van der Waals surface area contributed by atoms with Gasteiger partial charge in [-0.25, -0.2) is 0 Å². The standard InChI is InChI=1S/C28H46N2O4/c1-29-15-9-17-30(16-8-7-10-22-13-14-27-28(18-22)34-21-33-27)19-24(26(32)20-29)23-11-5-3-2-4-6-12-25(23)31/h13-14,18,23-26,31-32H,2-12,15-17,19-21H2,1H3. The molecule has 4 atom stereocenters. The van der Waals surface area contributed by atoms with Crippen LogP contribution in [0.2, 0.25) is 0 Å². The van der Waals surface area contributed by atoms with Crippen LogP contribution in [0.3, 0.4) is 0 Å². The molecule has 2 aliphatic heterocycles. The highest BCUT2D eigenvalue weighted by Gasteiger charge is 2.35. The molecule has 1 saturated heterocycles. The van der Waals surface area contributed by atoms with Gasteiger partial charge in [0.25, 0.3) is 0 Å². The van der Waals surface area contributed by atoms with Crippen LogP contribution >= 0.6 is 0 Å². The number of benzene rings is 1. The number of ether oxygens (including phenoxy) is 2. The predicted octanol–water partition coefficient (Wildman–Crippen LogP) is 4.07. The minimum Gasteiger partial charge on any atom is -0.454 e. The van der Waals surface area contributed by atoms with E-state index in [0.717, 1.165) is 82.6 Å². The zero-order chi connectivity index (χ0) is 23.8. The molecule has 0 aromatic heterocycles. The quantitative estimate of drug-likeness (QED) is 0.606. The molecule has 1 saturated carbocycles. The average molecular weight is 475 g/mol. The molecule has 2 fully saturated rings. The first-order valence-electron chi connectivity index (χ1n) is 13.8. The van der Waals surface area contributed by atoms with Gasteiger partial charge in [-0.1, -0.05) is 38.2 Å². The van der Waals surface area contributed by atoms with Crippen molar-refractivity contribution < 1.29 is 19.7 Å². The maximum atomic E-state index is 11.3. The van der Waals surface area contributed by atoms with Crippen molar-refractivity contribution >= 4 is 0 Å². The Labute approximate surface area is 206 Å². The van der Waals surface area contributed by atoms with Crippen molar-refractivity contribution in [2.75, 3.05) is 46.6 Å². The SMILES string of the molecule is CN1CCCN(CCCCc2ccc3c(c2)OCO3)CC(C2CCCCCCCC2O)C(O)C1. The molecule has 4 unspecified atom stereocenters. The molecule has 0 radical (unpaired) electrons. The average Bonchev–Trinajstić information content (AvgIpc) is 3.33. The smallest absolute Gasteiger partial charge is 0.231 e. The highest BCUT2D eigenvalue weighted by molar-refractivity contribution is 5.44. The lowest BCUT2D eigenvalue weighted by molar-refractivity contribution is -0.0216. The molecule has 192 valence electrons. The number of aliphatic hydroxyl groups excluding tert-OH is 2. The molecular formula is C28H46N2O4. The number of nitrogens with zero attached hydrogens (tertiary/aromatic N) is 2. The molecular weight excluding hydrogens is 428 g/mol. The van der Waals surface area contributed by atoms with Gasteiger partial charge in [0, 0.05) is 19.0 Å². The molecule has 34 heavy (non-hydrogen) atoms. The van der Waals surface area contributed by atoms with Gasteiger partial charge in [0.15, 0.2) is 11.5 Å². The number of aliphatic hydroxyl groups is 2. The van der Waals surface area contributed by atoms with Crippen molar-refractivity contribution in [2.45, 2.75) is 82.8 Å². The third kappa shape index (κ3) is 7.33. The van der Waals surface area contributed by atoms with Crippen molar-refractivity contribution in [1.82, 2.24) is 9.80 Å². The third-order valence-corrected chi connectivity index (χ3v) is 8.18. The van der Waals surface area contributed by atoms with Crippen LogP contribution in [0.4, 0.5) is 0 Å². The molecule has 2 heterocycles. The van der Waals surface area contributed by atoms with Crippen LogP contribution in [0, 0.1) is 11.8 Å². The summed E-state index contributed by atoms with van der Waals surface area (Å²) < 4.78 is 10.9. The first-order valence-corrected chi connectivity index (χ1v) is 13.8. The molecule has 6 nitrogen and oxygen atoms in total. The first kappa shape index (κ1) is 25.7. The number of aryl methyl sites for hydroxylation is 1. The highest BCUT2D eigenvalue weighted by atomic mass is 16.7. The van der Waals surface area contributed by atoms with E-state index >= 15 is 0 Å². The molecule has 1 aromatic carbocycles. The predicted molar refractivity (Wildman–Crippen MR) is 135 cm³/mol. The Morgan fingerprint density at radius 1 is 0.824 bits per heavy atom. The van der Waals surface area contributed by atoms with E-state index in [-0.39, 0.29) is 24.0 Å². The first-order chi connectivity index (χ1) is 16.6. The molecule has 4 rings (SSSR count). The van der Waals surface area contributed by atoms with E-state index in [9.17, 15) is 10.2 Å². The monoisotopic (exact) mass is 474 g/mol. The molecule has 0 amide bonds. The summed E-state index contributed by atoms with van der Waals surface area (Å²) in [5, 5.41) is 22.4. The van der Waals surface area contributed by atoms with Gasteiger partial charge in [-0.05, 0) is 88.8 Å². The van der Waals surface area contributed by atoms with Crippen LogP contribution in [0.5, 0.6) is 11.5 Å². The summed E-state index contributed by atoms with van der Waals surface area (Å²) in [5.41, 5.74) is 1.30. The summed E-state index contributed by atoms with van der Waals surface area (Å²) in [6, 6.07) is 6.28. The Morgan fingerprint density at radius 3 is 2.50 bits per heavy atom. The van der Waals surface area contributed by atoms with Crippen LogP contribution in [-0.2, 0) is 6.42 Å². The second kappa shape index (κ2) is 13.1. The molecule has 1 aliphatic carbocycles. The van der Waals surface area contributed by atoms with Gasteiger partial charge >= 0.3 is 0 Å². The maximum absolute atomic E-state index is 11.3. The second-order valence-corrected chi connectivity index (χ2v) is 10.9. The number of hydrogen-bond acceptors (Lipinski definition) is 6. The van der Waals surface area contributed by atoms with E-state index in [2.05, 4.69) is 29.0 Å². The number of hydrogen-bond donors (Lipinski definition) is 2. The minimum atomic E-state index is -0.375. The topological polar surface area (TPSA) is 65.4 Å². The van der Waals surface area contributed by atoms with Crippen molar-refractivity contribution in [3.05, 3.63) is 23.8 Å². The fraction of sp³-hybridized carbons (Fsp3) is 0.786. The van der Waals surface area contributed by atoms with Crippen LogP contribution in [0.15, 0.2) is 18.2 Å². The van der Waals surface area contributed by atoms with E-state index in [4.69, 9.17) is 9.47 Å². The number of unbranched alkanes of at least 4 members (excludes halogenated alkanes) is 1. The maximum Gasteiger partial charge on any atom is 0.231 e. The summed E-state index contributed by atoms with van der Waals surface area (Å²) in [5.74, 6) is 2.06. The van der Waals surface area contributed by atoms with E-state index in [1.165, 1.54) is 31.2 Å². The van der Waals surface area contributed by atoms with E-state index in [0.29, 0.717) is 13.3 Å². The number of rotatable bonds is 6. The van der Waals surface area contributed by atoms with Gasteiger partial charge in [0.05, 0.1) is 12.2 Å². The zero-order valence-corrected chi connectivity index (χ0v) is 21.2. The van der Waals surface area contributed by atoms with Gasteiger partial charge in [-0.2, -0.15) is 0 Å². The molecule has 0 bridgehead atoms. The summed E-state index contributed by atoms with van der Waals surface area (Å²) in [6.07, 6.45) is 11.8. The van der Waals surface area contributed by atoms with Gasteiger partial charge in [0.2, 0.25) is 6.79 Å². The molecule has 6 heteroatoms. The third-order valence-electron chi connectivity index (χ3n) is 8.18. The summed E-state index contributed by atoms with van der Waals surface area (Å²) in [4.78, 5) is 4.86.